The standard InChI is InChI=1S/C21H19N5O2S/c1-2-15(13-6-4-3-5-7-13)19(27)26-21-24-16-9-8-14(10-17(16)25-21)23-20(28)18-11-29-12-22-18/h3-12,15H,2H2,1H3,(H,23,28)(H2,24,25,26,27). The highest BCUT2D eigenvalue weighted by Gasteiger charge is 2.19. The van der Waals surface area contributed by atoms with Crippen molar-refractivity contribution in [2.75, 3.05) is 10.6 Å². The molecule has 8 heteroatoms. The Labute approximate surface area is 171 Å². The maximum Gasteiger partial charge on any atom is 0.275 e. The molecule has 0 radical (unpaired) electrons. The van der Waals surface area contributed by atoms with Crippen molar-refractivity contribution in [3.63, 3.8) is 0 Å². The van der Waals surface area contributed by atoms with Gasteiger partial charge in [-0.2, -0.15) is 0 Å². The summed E-state index contributed by atoms with van der Waals surface area (Å²) >= 11 is 1.36. The zero-order valence-corrected chi connectivity index (χ0v) is 16.5. The van der Waals surface area contributed by atoms with Crippen LogP contribution in [0, 0.1) is 0 Å². The average Bonchev–Trinajstić information content (AvgIpc) is 3.38. The second-order valence-corrected chi connectivity index (χ2v) is 7.22. The van der Waals surface area contributed by atoms with Gasteiger partial charge in [0.15, 0.2) is 0 Å². The molecule has 2 aromatic heterocycles. The van der Waals surface area contributed by atoms with Gasteiger partial charge >= 0.3 is 0 Å². The molecule has 0 saturated carbocycles. The fraction of sp³-hybridized carbons (Fsp3) is 0.143. The smallest absolute Gasteiger partial charge is 0.275 e. The molecule has 7 nitrogen and oxygen atoms in total. The van der Waals surface area contributed by atoms with Gasteiger partial charge in [0.1, 0.15) is 5.69 Å². The van der Waals surface area contributed by atoms with Crippen LogP contribution < -0.4 is 10.6 Å². The normalized spacial score (nSPS) is 11.9. The summed E-state index contributed by atoms with van der Waals surface area (Å²) in [6, 6.07) is 15.0. The van der Waals surface area contributed by atoms with E-state index in [9.17, 15) is 9.59 Å². The van der Waals surface area contributed by atoms with Gasteiger partial charge in [-0.3, -0.25) is 14.9 Å². The van der Waals surface area contributed by atoms with E-state index in [2.05, 4.69) is 25.6 Å². The van der Waals surface area contributed by atoms with Crippen molar-refractivity contribution < 1.29 is 9.59 Å². The number of carbonyl (C=O) groups excluding carboxylic acids is 2. The third-order valence-electron chi connectivity index (χ3n) is 4.57. The minimum absolute atomic E-state index is 0.116. The molecular weight excluding hydrogens is 386 g/mol. The molecule has 0 spiro atoms. The molecule has 2 heterocycles. The molecule has 3 N–H and O–H groups in total. The van der Waals surface area contributed by atoms with Crippen LogP contribution in [0.15, 0.2) is 59.4 Å². The number of imidazole rings is 1. The number of nitrogens with zero attached hydrogens (tertiary/aromatic N) is 2. The molecule has 0 fully saturated rings. The quantitative estimate of drug-likeness (QED) is 0.442. The summed E-state index contributed by atoms with van der Waals surface area (Å²) < 4.78 is 0. The lowest BCUT2D eigenvalue weighted by Crippen LogP contribution is -2.21. The van der Waals surface area contributed by atoms with Gasteiger partial charge in [0.25, 0.3) is 5.91 Å². The van der Waals surface area contributed by atoms with Crippen LogP contribution >= 0.6 is 11.3 Å². The van der Waals surface area contributed by atoms with E-state index >= 15 is 0 Å². The van der Waals surface area contributed by atoms with Gasteiger partial charge in [-0.25, -0.2) is 9.97 Å². The number of amides is 2. The van der Waals surface area contributed by atoms with Crippen LogP contribution in [0.1, 0.15) is 35.3 Å². The summed E-state index contributed by atoms with van der Waals surface area (Å²) in [6.07, 6.45) is 0.683. The van der Waals surface area contributed by atoms with Gasteiger partial charge < -0.3 is 10.3 Å². The predicted octanol–water partition coefficient (Wildman–Crippen LogP) is 4.40. The van der Waals surface area contributed by atoms with E-state index in [1.807, 2.05) is 37.3 Å². The van der Waals surface area contributed by atoms with Crippen LogP contribution in [0.2, 0.25) is 0 Å². The van der Waals surface area contributed by atoms with Crippen LogP contribution in [0.5, 0.6) is 0 Å². The monoisotopic (exact) mass is 405 g/mol. The fourth-order valence-electron chi connectivity index (χ4n) is 3.13. The minimum atomic E-state index is -0.271. The molecule has 0 saturated heterocycles. The first-order valence-electron chi connectivity index (χ1n) is 9.19. The first kappa shape index (κ1) is 18.8. The lowest BCUT2D eigenvalue weighted by atomic mass is 9.96. The Morgan fingerprint density at radius 1 is 1.14 bits per heavy atom. The highest BCUT2D eigenvalue weighted by molar-refractivity contribution is 7.07. The molecule has 4 aromatic rings. The lowest BCUT2D eigenvalue weighted by Gasteiger charge is -2.14. The average molecular weight is 405 g/mol. The van der Waals surface area contributed by atoms with Gasteiger partial charge in [-0.05, 0) is 30.2 Å². The van der Waals surface area contributed by atoms with Crippen molar-refractivity contribution in [1.82, 2.24) is 15.0 Å². The Morgan fingerprint density at radius 2 is 1.97 bits per heavy atom. The Morgan fingerprint density at radius 3 is 2.69 bits per heavy atom. The number of anilines is 2. The summed E-state index contributed by atoms with van der Waals surface area (Å²) in [6.45, 7) is 1.98. The van der Waals surface area contributed by atoms with Crippen molar-refractivity contribution >= 4 is 45.8 Å². The number of hydrogen-bond donors (Lipinski definition) is 3. The van der Waals surface area contributed by atoms with E-state index in [0.717, 1.165) is 5.56 Å². The molecule has 2 aromatic carbocycles. The molecule has 1 unspecified atom stereocenters. The lowest BCUT2D eigenvalue weighted by molar-refractivity contribution is -0.117. The molecule has 0 bridgehead atoms. The van der Waals surface area contributed by atoms with Gasteiger partial charge in [0.2, 0.25) is 11.9 Å². The van der Waals surface area contributed by atoms with E-state index in [1.165, 1.54) is 11.3 Å². The number of aromatic nitrogens is 3. The first-order chi connectivity index (χ1) is 14.1. The number of H-pyrrole nitrogens is 1. The molecule has 0 aliphatic rings. The Kier molecular flexibility index (Phi) is 5.35. The van der Waals surface area contributed by atoms with Gasteiger partial charge in [-0.15, -0.1) is 11.3 Å². The third-order valence-corrected chi connectivity index (χ3v) is 5.16. The number of hydrogen-bond acceptors (Lipinski definition) is 5. The number of carbonyl (C=O) groups is 2. The number of aromatic amines is 1. The molecule has 29 heavy (non-hydrogen) atoms. The summed E-state index contributed by atoms with van der Waals surface area (Å²) in [5.74, 6) is -0.262. The zero-order valence-electron chi connectivity index (χ0n) is 15.7. The highest BCUT2D eigenvalue weighted by atomic mass is 32.1. The van der Waals surface area contributed by atoms with Crippen LogP contribution in [0.3, 0.4) is 0 Å². The van der Waals surface area contributed by atoms with Crippen LogP contribution in [0.25, 0.3) is 11.0 Å². The molecule has 4 rings (SSSR count). The number of benzene rings is 2. The molecule has 0 aliphatic heterocycles. The fourth-order valence-corrected chi connectivity index (χ4v) is 3.66. The van der Waals surface area contributed by atoms with Gasteiger partial charge in [0, 0.05) is 11.1 Å². The first-order valence-corrected chi connectivity index (χ1v) is 10.1. The molecule has 2 amide bonds. The number of nitrogens with one attached hydrogen (secondary N) is 3. The number of fused-ring (bicyclic) bond motifs is 1. The Hall–Kier alpha value is -3.52. The summed E-state index contributed by atoms with van der Waals surface area (Å²) in [5.41, 5.74) is 4.98. The Balaban J connectivity index is 1.50. The minimum Gasteiger partial charge on any atom is -0.324 e. The highest BCUT2D eigenvalue weighted by Crippen LogP contribution is 2.23. The summed E-state index contributed by atoms with van der Waals surface area (Å²) in [7, 11) is 0. The van der Waals surface area contributed by atoms with Crippen molar-refractivity contribution in [3.8, 4) is 0 Å². The van der Waals surface area contributed by atoms with Crippen molar-refractivity contribution in [2.24, 2.45) is 0 Å². The maximum atomic E-state index is 12.7. The number of thiazole rings is 1. The molecule has 146 valence electrons. The number of rotatable bonds is 6. The van der Waals surface area contributed by atoms with E-state index in [4.69, 9.17) is 0 Å². The van der Waals surface area contributed by atoms with Crippen molar-refractivity contribution in [2.45, 2.75) is 19.3 Å². The molecule has 1 atom stereocenters. The molecular formula is C21H19N5O2S. The van der Waals surface area contributed by atoms with E-state index in [-0.39, 0.29) is 17.7 Å². The second kappa shape index (κ2) is 8.24. The third kappa shape index (κ3) is 4.17. The van der Waals surface area contributed by atoms with Crippen LogP contribution in [-0.4, -0.2) is 26.8 Å². The summed E-state index contributed by atoms with van der Waals surface area (Å²) in [5, 5.41) is 7.36. The topological polar surface area (TPSA) is 99.8 Å². The van der Waals surface area contributed by atoms with Crippen molar-refractivity contribution in [3.05, 3.63) is 70.7 Å². The maximum absolute atomic E-state index is 12.7. The van der Waals surface area contributed by atoms with E-state index in [0.29, 0.717) is 34.8 Å². The van der Waals surface area contributed by atoms with E-state index < -0.39 is 0 Å². The van der Waals surface area contributed by atoms with Crippen LogP contribution in [-0.2, 0) is 4.79 Å². The second-order valence-electron chi connectivity index (χ2n) is 6.51. The summed E-state index contributed by atoms with van der Waals surface area (Å²) in [4.78, 5) is 36.4. The van der Waals surface area contributed by atoms with Gasteiger partial charge in [0.05, 0.1) is 22.5 Å². The largest absolute Gasteiger partial charge is 0.324 e. The predicted molar refractivity (Wildman–Crippen MR) is 114 cm³/mol. The van der Waals surface area contributed by atoms with Crippen molar-refractivity contribution in [1.29, 1.82) is 0 Å². The molecule has 0 aliphatic carbocycles. The Bertz CT molecular complexity index is 1140. The van der Waals surface area contributed by atoms with E-state index in [1.54, 1.807) is 29.1 Å². The van der Waals surface area contributed by atoms with Crippen LogP contribution in [0.4, 0.5) is 11.6 Å². The SMILES string of the molecule is CCC(C(=O)Nc1nc2ccc(NC(=O)c3cscn3)cc2[nH]1)c1ccccc1. The zero-order chi connectivity index (χ0) is 20.2. The van der Waals surface area contributed by atoms with Gasteiger partial charge in [-0.1, -0.05) is 37.3 Å².